The van der Waals surface area contributed by atoms with Crippen molar-refractivity contribution in [3.8, 4) is 0 Å². The van der Waals surface area contributed by atoms with Crippen LogP contribution in [0.25, 0.3) is 0 Å². The van der Waals surface area contributed by atoms with Gasteiger partial charge >= 0.3 is 0 Å². The number of allylic oxidation sites excluding steroid dienone is 2. The molecule has 2 aromatic carbocycles. The number of nitrogens with two attached hydrogens (primary N) is 1. The van der Waals surface area contributed by atoms with Crippen molar-refractivity contribution in [2.45, 2.75) is 31.6 Å². The quantitative estimate of drug-likeness (QED) is 0.574. The summed E-state index contributed by atoms with van der Waals surface area (Å²) < 4.78 is 0. The van der Waals surface area contributed by atoms with E-state index in [0.29, 0.717) is 11.8 Å². The fourth-order valence-corrected chi connectivity index (χ4v) is 3.90. The van der Waals surface area contributed by atoms with Gasteiger partial charge in [0.25, 0.3) is 0 Å². The van der Waals surface area contributed by atoms with E-state index in [-0.39, 0.29) is 0 Å². The van der Waals surface area contributed by atoms with Crippen molar-refractivity contribution >= 4 is 23.3 Å². The van der Waals surface area contributed by atoms with E-state index < -0.39 is 0 Å². The van der Waals surface area contributed by atoms with Crippen molar-refractivity contribution in [2.24, 2.45) is 4.99 Å². The Bertz CT molecular complexity index is 862. The average molecular weight is 343 g/mol. The summed E-state index contributed by atoms with van der Waals surface area (Å²) in [6, 6.07) is 15.2. The Morgan fingerprint density at radius 3 is 2.65 bits per heavy atom. The second-order valence-electron chi connectivity index (χ2n) is 7.11. The highest BCUT2D eigenvalue weighted by atomic mass is 15.1. The predicted molar refractivity (Wildman–Crippen MR) is 111 cm³/mol. The minimum atomic E-state index is 0.413. The van der Waals surface area contributed by atoms with Gasteiger partial charge in [-0.25, -0.2) is 0 Å². The maximum absolute atomic E-state index is 6.34. The molecule has 2 aliphatic rings. The standard InChI is InChI=1S/C23H25N3/c1-17-5-2-3-16-26(22-7-4-6-21(24)23(17)22)20-10-8-18(9-11-20)19-12-14-25-15-13-19/h2-4,6-12,14-15,17,19H,5,13,16,24H2,1H3/b3-2-. The largest absolute Gasteiger partial charge is 0.398 e. The minimum Gasteiger partial charge on any atom is -0.398 e. The molecule has 2 atom stereocenters. The molecule has 0 aliphatic carbocycles. The lowest BCUT2D eigenvalue weighted by Crippen LogP contribution is -2.21. The van der Waals surface area contributed by atoms with Crippen LogP contribution in [0.2, 0.25) is 0 Å². The fraction of sp³-hybridized carbons (Fsp3) is 0.261. The third-order valence-corrected chi connectivity index (χ3v) is 5.35. The molecule has 4 rings (SSSR count). The van der Waals surface area contributed by atoms with Crippen molar-refractivity contribution in [2.75, 3.05) is 17.2 Å². The molecular formula is C23H25N3. The summed E-state index contributed by atoms with van der Waals surface area (Å²) in [5, 5.41) is 0. The molecule has 0 fully saturated rings. The molecule has 0 saturated heterocycles. The Morgan fingerprint density at radius 1 is 1.04 bits per heavy atom. The molecule has 26 heavy (non-hydrogen) atoms. The van der Waals surface area contributed by atoms with Crippen molar-refractivity contribution in [3.63, 3.8) is 0 Å². The predicted octanol–water partition coefficient (Wildman–Crippen LogP) is 5.54. The van der Waals surface area contributed by atoms with E-state index in [2.05, 4.69) is 71.4 Å². The highest BCUT2D eigenvalue weighted by Crippen LogP contribution is 2.39. The summed E-state index contributed by atoms with van der Waals surface area (Å²) in [5.74, 6) is 0.841. The van der Waals surface area contributed by atoms with Crippen molar-refractivity contribution in [1.82, 2.24) is 0 Å². The number of nitrogens with zero attached hydrogens (tertiary/aromatic N) is 2. The Labute approximate surface area is 155 Å². The normalized spacial score (nSPS) is 23.2. The molecule has 3 nitrogen and oxygen atoms in total. The minimum absolute atomic E-state index is 0.413. The van der Waals surface area contributed by atoms with E-state index in [9.17, 15) is 0 Å². The number of nitrogen functional groups attached to an aromatic ring is 1. The van der Waals surface area contributed by atoms with Crippen molar-refractivity contribution < 1.29 is 0 Å². The van der Waals surface area contributed by atoms with Gasteiger partial charge in [-0.1, -0.05) is 43.4 Å². The summed E-state index contributed by atoms with van der Waals surface area (Å²) in [5.41, 5.74) is 12.2. The van der Waals surface area contributed by atoms with Gasteiger partial charge in [0, 0.05) is 47.5 Å². The lowest BCUT2D eigenvalue weighted by molar-refractivity contribution is 0.771. The SMILES string of the molecule is CC1C/C=C\CN(c2ccc(C3C=CN=CC3)cc2)c2cccc(N)c21. The molecule has 132 valence electrons. The number of rotatable bonds is 2. The molecule has 0 aromatic heterocycles. The number of benzene rings is 2. The van der Waals surface area contributed by atoms with Crippen LogP contribution in [0.5, 0.6) is 0 Å². The van der Waals surface area contributed by atoms with Crippen molar-refractivity contribution in [1.29, 1.82) is 0 Å². The first-order chi connectivity index (χ1) is 12.7. The topological polar surface area (TPSA) is 41.6 Å². The second kappa shape index (κ2) is 7.20. The Balaban J connectivity index is 1.70. The molecule has 2 aliphatic heterocycles. The summed E-state index contributed by atoms with van der Waals surface area (Å²) in [6.45, 7) is 3.11. The van der Waals surface area contributed by atoms with Crippen LogP contribution in [0.15, 0.2) is 71.9 Å². The number of hydrogen-bond acceptors (Lipinski definition) is 3. The van der Waals surface area contributed by atoms with Crippen LogP contribution in [-0.4, -0.2) is 12.8 Å². The summed E-state index contributed by atoms with van der Waals surface area (Å²) in [4.78, 5) is 6.53. The molecule has 2 heterocycles. The van der Waals surface area contributed by atoms with E-state index in [0.717, 1.165) is 25.1 Å². The maximum atomic E-state index is 6.34. The average Bonchev–Trinajstić information content (AvgIpc) is 2.67. The van der Waals surface area contributed by atoms with Gasteiger partial charge in [0.15, 0.2) is 0 Å². The zero-order chi connectivity index (χ0) is 17.9. The third kappa shape index (κ3) is 3.17. The Hall–Kier alpha value is -2.81. The zero-order valence-corrected chi connectivity index (χ0v) is 15.2. The van der Waals surface area contributed by atoms with Gasteiger partial charge in [0.2, 0.25) is 0 Å². The van der Waals surface area contributed by atoms with Crippen LogP contribution in [-0.2, 0) is 0 Å². The van der Waals surface area contributed by atoms with Gasteiger partial charge in [0.05, 0.1) is 0 Å². The van der Waals surface area contributed by atoms with Crippen LogP contribution in [0.1, 0.15) is 42.7 Å². The molecule has 2 N–H and O–H groups in total. The van der Waals surface area contributed by atoms with Gasteiger partial charge in [-0.05, 0) is 48.6 Å². The van der Waals surface area contributed by atoms with E-state index >= 15 is 0 Å². The highest BCUT2D eigenvalue weighted by Gasteiger charge is 2.20. The van der Waals surface area contributed by atoms with Crippen LogP contribution in [0, 0.1) is 0 Å². The van der Waals surface area contributed by atoms with Crippen LogP contribution in [0.4, 0.5) is 17.1 Å². The monoisotopic (exact) mass is 343 g/mol. The molecule has 3 heteroatoms. The van der Waals surface area contributed by atoms with Crippen molar-refractivity contribution in [3.05, 3.63) is 78.0 Å². The van der Waals surface area contributed by atoms with Gasteiger partial charge in [-0.3, -0.25) is 4.99 Å². The van der Waals surface area contributed by atoms with Gasteiger partial charge in [-0.15, -0.1) is 0 Å². The zero-order valence-electron chi connectivity index (χ0n) is 15.2. The fourth-order valence-electron chi connectivity index (χ4n) is 3.90. The molecule has 0 bridgehead atoms. The molecule has 0 radical (unpaired) electrons. The van der Waals surface area contributed by atoms with Crippen LogP contribution in [0.3, 0.4) is 0 Å². The van der Waals surface area contributed by atoms with E-state index in [1.54, 1.807) is 0 Å². The molecule has 2 aromatic rings. The summed E-state index contributed by atoms with van der Waals surface area (Å²) in [7, 11) is 0. The molecule has 0 saturated carbocycles. The Morgan fingerprint density at radius 2 is 1.88 bits per heavy atom. The first-order valence-corrected chi connectivity index (χ1v) is 9.33. The molecule has 0 spiro atoms. The molecular weight excluding hydrogens is 318 g/mol. The smallest absolute Gasteiger partial charge is 0.0469 e. The lowest BCUT2D eigenvalue weighted by Gasteiger charge is -2.30. The maximum Gasteiger partial charge on any atom is 0.0469 e. The number of hydrogen-bond donors (Lipinski definition) is 1. The summed E-state index contributed by atoms with van der Waals surface area (Å²) >= 11 is 0. The second-order valence-corrected chi connectivity index (χ2v) is 7.11. The number of fused-ring (bicyclic) bond motifs is 1. The van der Waals surface area contributed by atoms with E-state index in [1.807, 2.05) is 18.5 Å². The molecule has 2 unspecified atom stereocenters. The van der Waals surface area contributed by atoms with Gasteiger partial charge in [0.1, 0.15) is 0 Å². The number of aliphatic imine (C=N–C) groups is 1. The van der Waals surface area contributed by atoms with Crippen LogP contribution >= 0.6 is 0 Å². The molecule has 0 amide bonds. The Kier molecular flexibility index (Phi) is 4.61. The highest BCUT2D eigenvalue weighted by molar-refractivity contribution is 5.74. The summed E-state index contributed by atoms with van der Waals surface area (Å²) in [6.07, 6.45) is 12.6. The third-order valence-electron chi connectivity index (χ3n) is 5.35. The van der Waals surface area contributed by atoms with E-state index in [4.69, 9.17) is 5.73 Å². The lowest BCUT2D eigenvalue weighted by atomic mass is 9.92. The van der Waals surface area contributed by atoms with Gasteiger partial charge < -0.3 is 10.6 Å². The first kappa shape index (κ1) is 16.6. The van der Waals surface area contributed by atoms with E-state index in [1.165, 1.54) is 22.5 Å². The van der Waals surface area contributed by atoms with Crippen LogP contribution < -0.4 is 10.6 Å². The number of anilines is 3. The van der Waals surface area contributed by atoms with Gasteiger partial charge in [-0.2, -0.15) is 0 Å². The first-order valence-electron chi connectivity index (χ1n) is 9.33.